The van der Waals surface area contributed by atoms with Gasteiger partial charge in [-0.3, -0.25) is 4.79 Å². The van der Waals surface area contributed by atoms with Crippen LogP contribution in [0.2, 0.25) is 0 Å². The molecule has 3 heterocycles. The summed E-state index contributed by atoms with van der Waals surface area (Å²) >= 11 is 1.73. The van der Waals surface area contributed by atoms with Gasteiger partial charge in [-0.2, -0.15) is 11.8 Å². The minimum atomic E-state index is 0.0777. The summed E-state index contributed by atoms with van der Waals surface area (Å²) < 4.78 is 6.02. The van der Waals surface area contributed by atoms with Crippen molar-refractivity contribution in [2.75, 3.05) is 39.5 Å². The zero-order chi connectivity index (χ0) is 17.4. The van der Waals surface area contributed by atoms with Gasteiger partial charge < -0.3 is 14.2 Å². The number of amides is 1. The molecule has 2 fully saturated rings. The Morgan fingerprint density at radius 2 is 2.08 bits per heavy atom. The second-order valence-corrected chi connectivity index (χ2v) is 8.52. The third-order valence-electron chi connectivity index (χ3n) is 5.76. The summed E-state index contributed by atoms with van der Waals surface area (Å²) in [4.78, 5) is 17.7. The highest BCUT2D eigenvalue weighted by Crippen LogP contribution is 2.39. The van der Waals surface area contributed by atoms with Gasteiger partial charge in [0.1, 0.15) is 5.58 Å². The third-order valence-corrected chi connectivity index (χ3v) is 6.34. The lowest BCUT2D eigenvalue weighted by Gasteiger charge is -2.40. The molecule has 0 bridgehead atoms. The van der Waals surface area contributed by atoms with Crippen LogP contribution in [0.1, 0.15) is 35.4 Å². The molecule has 0 radical (unpaired) electrons. The number of nitrogens with zero attached hydrogens (tertiary/aromatic N) is 2. The Morgan fingerprint density at radius 1 is 1.24 bits per heavy atom. The van der Waals surface area contributed by atoms with Gasteiger partial charge in [0.05, 0.1) is 0 Å². The van der Waals surface area contributed by atoms with E-state index >= 15 is 0 Å². The van der Waals surface area contributed by atoms with E-state index in [1.165, 1.54) is 12.8 Å². The molecule has 1 aromatic heterocycles. The molecule has 0 N–H and O–H groups in total. The first-order valence-electron chi connectivity index (χ1n) is 9.09. The quantitative estimate of drug-likeness (QED) is 0.835. The summed E-state index contributed by atoms with van der Waals surface area (Å²) in [7, 11) is 2.19. The van der Waals surface area contributed by atoms with Crippen LogP contribution in [0.4, 0.5) is 0 Å². The normalized spacial score (nSPS) is 24.5. The fourth-order valence-electron chi connectivity index (χ4n) is 4.58. The molecule has 1 spiro atoms. The fraction of sp³-hybridized carbons (Fsp3) is 0.550. The van der Waals surface area contributed by atoms with Gasteiger partial charge in [0.15, 0.2) is 5.76 Å². The van der Waals surface area contributed by atoms with Crippen molar-refractivity contribution in [2.45, 2.75) is 25.0 Å². The van der Waals surface area contributed by atoms with E-state index in [1.807, 2.05) is 23.1 Å². The molecule has 2 aliphatic rings. The van der Waals surface area contributed by atoms with Crippen LogP contribution in [-0.2, 0) is 5.75 Å². The number of carbonyl (C=O) groups is 1. The lowest BCUT2D eigenvalue weighted by atomic mass is 9.79. The number of thioether (sulfide) groups is 1. The van der Waals surface area contributed by atoms with Crippen LogP contribution in [0, 0.1) is 5.41 Å². The molecule has 2 aromatic rings. The first-order chi connectivity index (χ1) is 12.1. The van der Waals surface area contributed by atoms with Gasteiger partial charge in [-0.15, -0.1) is 0 Å². The van der Waals surface area contributed by atoms with Crippen molar-refractivity contribution in [1.82, 2.24) is 9.80 Å². The Hall–Kier alpha value is -1.46. The smallest absolute Gasteiger partial charge is 0.289 e. The van der Waals surface area contributed by atoms with Gasteiger partial charge in [-0.25, -0.2) is 0 Å². The number of rotatable bonds is 3. The van der Waals surface area contributed by atoms with Crippen LogP contribution in [0.3, 0.4) is 0 Å². The van der Waals surface area contributed by atoms with Gasteiger partial charge in [-0.1, -0.05) is 18.2 Å². The molecule has 134 valence electrons. The molecule has 1 atom stereocenters. The van der Waals surface area contributed by atoms with Crippen LogP contribution in [0.15, 0.2) is 28.7 Å². The third kappa shape index (κ3) is 3.08. The van der Waals surface area contributed by atoms with Gasteiger partial charge in [0.25, 0.3) is 5.91 Å². The van der Waals surface area contributed by atoms with Crippen molar-refractivity contribution in [3.05, 3.63) is 35.6 Å². The van der Waals surface area contributed by atoms with Crippen LogP contribution in [-0.4, -0.2) is 55.2 Å². The molecule has 1 unspecified atom stereocenters. The Kier molecular flexibility index (Phi) is 4.54. The van der Waals surface area contributed by atoms with Crippen LogP contribution in [0.25, 0.3) is 11.0 Å². The lowest BCUT2D eigenvalue weighted by molar-refractivity contribution is 0.0506. The monoisotopic (exact) mass is 358 g/mol. The van der Waals surface area contributed by atoms with Crippen LogP contribution in [0.5, 0.6) is 0 Å². The molecule has 1 aromatic carbocycles. The van der Waals surface area contributed by atoms with Crippen molar-refractivity contribution in [1.29, 1.82) is 0 Å². The molecule has 25 heavy (non-hydrogen) atoms. The first-order valence-corrected chi connectivity index (χ1v) is 10.5. The first kappa shape index (κ1) is 17.0. The Labute approximate surface area is 153 Å². The zero-order valence-electron chi connectivity index (χ0n) is 15.1. The maximum absolute atomic E-state index is 13.3. The summed E-state index contributed by atoms with van der Waals surface area (Å²) in [6, 6.07) is 8.00. The number of likely N-dealkylation sites (tertiary alicyclic amines) is 2. The number of fused-ring (bicyclic) bond motifs is 1. The van der Waals surface area contributed by atoms with E-state index in [0.29, 0.717) is 5.76 Å². The highest BCUT2D eigenvalue weighted by Gasteiger charge is 2.42. The number of para-hydroxylation sites is 1. The zero-order valence-corrected chi connectivity index (χ0v) is 15.9. The van der Waals surface area contributed by atoms with Crippen LogP contribution >= 0.6 is 11.8 Å². The number of furan rings is 1. The molecular formula is C20H26N2O2S. The summed E-state index contributed by atoms with van der Waals surface area (Å²) in [6.07, 6.45) is 5.60. The number of benzene rings is 1. The number of hydrogen-bond donors (Lipinski definition) is 0. The molecule has 5 heteroatoms. The SMILES string of the molecule is CSCc1c(C(=O)N2CCCC3(CCN(C)C3)C2)oc2ccccc12. The summed E-state index contributed by atoms with van der Waals surface area (Å²) in [5, 5.41) is 1.08. The van der Waals surface area contributed by atoms with Gasteiger partial charge in [-0.05, 0) is 45.2 Å². The highest BCUT2D eigenvalue weighted by molar-refractivity contribution is 7.97. The van der Waals surface area contributed by atoms with Gasteiger partial charge in [0, 0.05) is 41.8 Å². The summed E-state index contributed by atoms with van der Waals surface area (Å²) in [5.74, 6) is 1.44. The van der Waals surface area contributed by atoms with Gasteiger partial charge >= 0.3 is 0 Å². The minimum absolute atomic E-state index is 0.0777. The average Bonchev–Trinajstić information content (AvgIpc) is 3.16. The second-order valence-electron chi connectivity index (χ2n) is 7.66. The number of carbonyl (C=O) groups excluding carboxylic acids is 1. The van der Waals surface area contributed by atoms with Gasteiger partial charge in [0.2, 0.25) is 0 Å². The predicted octanol–water partition coefficient (Wildman–Crippen LogP) is 3.85. The van der Waals surface area contributed by atoms with E-state index in [0.717, 1.165) is 54.9 Å². The highest BCUT2D eigenvalue weighted by atomic mass is 32.2. The molecule has 2 saturated heterocycles. The van der Waals surface area contributed by atoms with E-state index in [-0.39, 0.29) is 11.3 Å². The molecule has 1 amide bonds. The van der Waals surface area contributed by atoms with E-state index in [1.54, 1.807) is 11.8 Å². The predicted molar refractivity (Wildman–Crippen MR) is 103 cm³/mol. The molecule has 0 saturated carbocycles. The maximum atomic E-state index is 13.3. The average molecular weight is 359 g/mol. The minimum Gasteiger partial charge on any atom is -0.451 e. The largest absolute Gasteiger partial charge is 0.451 e. The topological polar surface area (TPSA) is 36.7 Å². The lowest BCUT2D eigenvalue weighted by Crippen LogP contribution is -2.47. The van der Waals surface area contributed by atoms with Crippen molar-refractivity contribution < 1.29 is 9.21 Å². The van der Waals surface area contributed by atoms with Crippen molar-refractivity contribution in [2.24, 2.45) is 5.41 Å². The van der Waals surface area contributed by atoms with Crippen LogP contribution < -0.4 is 0 Å². The number of hydrogen-bond acceptors (Lipinski definition) is 4. The fourth-order valence-corrected chi connectivity index (χ4v) is 5.15. The second kappa shape index (κ2) is 6.69. The van der Waals surface area contributed by atoms with E-state index < -0.39 is 0 Å². The van der Waals surface area contributed by atoms with Crippen molar-refractivity contribution in [3.8, 4) is 0 Å². The Balaban J connectivity index is 1.64. The Morgan fingerprint density at radius 3 is 2.84 bits per heavy atom. The van der Waals surface area contributed by atoms with E-state index in [2.05, 4.69) is 24.3 Å². The van der Waals surface area contributed by atoms with Crippen molar-refractivity contribution >= 4 is 28.6 Å². The van der Waals surface area contributed by atoms with Crippen molar-refractivity contribution in [3.63, 3.8) is 0 Å². The summed E-state index contributed by atoms with van der Waals surface area (Å²) in [6.45, 7) is 3.96. The Bertz CT molecular complexity index is 783. The van der Waals surface area contributed by atoms with E-state index in [9.17, 15) is 4.79 Å². The van der Waals surface area contributed by atoms with E-state index in [4.69, 9.17) is 4.42 Å². The molecule has 4 nitrogen and oxygen atoms in total. The molecular weight excluding hydrogens is 332 g/mol. The molecule has 0 aliphatic carbocycles. The maximum Gasteiger partial charge on any atom is 0.289 e. The standard InChI is InChI=1S/C20H26N2O2S/c1-21-11-9-20(13-21)8-5-10-22(14-20)19(23)18-16(12-25-2)15-6-3-4-7-17(15)24-18/h3-4,6-7H,5,8-14H2,1-2H3. The molecule has 2 aliphatic heterocycles. The molecule has 4 rings (SSSR count). The number of piperidine rings is 1. The summed E-state index contributed by atoms with van der Waals surface area (Å²) in [5.41, 5.74) is 2.16.